The van der Waals surface area contributed by atoms with E-state index in [0.717, 1.165) is 31.5 Å². The fraction of sp³-hybridized carbons (Fsp3) is 0.417. The highest BCUT2D eigenvalue weighted by Gasteiger charge is 2.19. The molecule has 0 radical (unpaired) electrons. The second-order valence-corrected chi connectivity index (χ2v) is 4.24. The molecule has 0 unspecified atom stereocenters. The molecule has 0 aromatic heterocycles. The molecule has 1 aromatic carbocycles. The second kappa shape index (κ2) is 4.63. The summed E-state index contributed by atoms with van der Waals surface area (Å²) in [6, 6.07) is 7.22. The average Bonchev–Trinajstić information content (AvgIpc) is 2.30. The fourth-order valence-electron chi connectivity index (χ4n) is 2.16. The number of aromatic carboxylic acids is 1. The van der Waals surface area contributed by atoms with E-state index in [1.165, 1.54) is 0 Å². The third-order valence-electron chi connectivity index (χ3n) is 3.13. The number of nitrogens with two attached hydrogens (primary N) is 1. The van der Waals surface area contributed by atoms with Crippen LogP contribution in [-0.2, 0) is 0 Å². The molecule has 1 aliphatic rings. The molecule has 1 aliphatic heterocycles. The first-order valence-electron chi connectivity index (χ1n) is 5.49. The first-order chi connectivity index (χ1) is 7.66. The predicted molar refractivity (Wildman–Crippen MR) is 61.1 cm³/mol. The van der Waals surface area contributed by atoms with Gasteiger partial charge in [0.15, 0.2) is 0 Å². The number of nitrogens with zero attached hydrogens (tertiary/aromatic N) is 1. The lowest BCUT2D eigenvalue weighted by Gasteiger charge is -2.28. The molecule has 0 aliphatic carbocycles. The van der Waals surface area contributed by atoms with Gasteiger partial charge in [-0.3, -0.25) is 5.84 Å². The Kier molecular flexibility index (Phi) is 3.22. The number of carboxylic acid groups (broad SMARTS) is 1. The van der Waals surface area contributed by atoms with Crippen molar-refractivity contribution in [3.8, 4) is 0 Å². The molecular formula is C12H16N2O2. The summed E-state index contributed by atoms with van der Waals surface area (Å²) in [5.74, 6) is 5.27. The zero-order valence-corrected chi connectivity index (χ0v) is 9.10. The van der Waals surface area contributed by atoms with E-state index in [2.05, 4.69) is 0 Å². The van der Waals surface area contributed by atoms with Gasteiger partial charge in [0.1, 0.15) is 0 Å². The van der Waals surface area contributed by atoms with Crippen molar-refractivity contribution < 1.29 is 9.90 Å². The molecule has 1 heterocycles. The second-order valence-electron chi connectivity index (χ2n) is 4.24. The number of benzene rings is 1. The van der Waals surface area contributed by atoms with Gasteiger partial charge in [-0.05, 0) is 36.5 Å². The molecule has 4 nitrogen and oxygen atoms in total. The van der Waals surface area contributed by atoms with E-state index in [-0.39, 0.29) is 0 Å². The topological polar surface area (TPSA) is 66.6 Å². The standard InChI is InChI=1S/C12H16N2O2/c13-14-6-4-9(5-7-14)10-2-1-3-11(8-10)12(15)16/h1-3,8-9H,4-7,13H2,(H,15,16). The Hall–Kier alpha value is -1.39. The Morgan fingerprint density at radius 1 is 1.38 bits per heavy atom. The average molecular weight is 220 g/mol. The van der Waals surface area contributed by atoms with Crippen LogP contribution in [0, 0.1) is 0 Å². The van der Waals surface area contributed by atoms with Crippen LogP contribution in [0.2, 0.25) is 0 Å². The van der Waals surface area contributed by atoms with Crippen LogP contribution in [-0.4, -0.2) is 29.2 Å². The summed E-state index contributed by atoms with van der Waals surface area (Å²) in [5.41, 5.74) is 1.49. The quantitative estimate of drug-likeness (QED) is 0.740. The van der Waals surface area contributed by atoms with Gasteiger partial charge in [0.25, 0.3) is 0 Å². The van der Waals surface area contributed by atoms with E-state index in [0.29, 0.717) is 11.5 Å². The van der Waals surface area contributed by atoms with Gasteiger partial charge in [0, 0.05) is 13.1 Å². The predicted octanol–water partition coefficient (Wildman–Crippen LogP) is 1.44. The maximum atomic E-state index is 10.9. The summed E-state index contributed by atoms with van der Waals surface area (Å²) in [4.78, 5) is 10.9. The van der Waals surface area contributed by atoms with Gasteiger partial charge < -0.3 is 5.11 Å². The SMILES string of the molecule is NN1CCC(c2cccc(C(=O)O)c2)CC1. The Morgan fingerprint density at radius 2 is 2.06 bits per heavy atom. The molecule has 0 amide bonds. The van der Waals surface area contributed by atoms with Gasteiger partial charge in [0.05, 0.1) is 5.56 Å². The van der Waals surface area contributed by atoms with Crippen molar-refractivity contribution in [1.29, 1.82) is 0 Å². The number of rotatable bonds is 2. The molecule has 0 saturated carbocycles. The molecular weight excluding hydrogens is 204 g/mol. The van der Waals surface area contributed by atoms with Crippen molar-refractivity contribution in [2.24, 2.45) is 5.84 Å². The van der Waals surface area contributed by atoms with Gasteiger partial charge in [0.2, 0.25) is 0 Å². The highest BCUT2D eigenvalue weighted by molar-refractivity contribution is 5.87. The monoisotopic (exact) mass is 220 g/mol. The Balaban J connectivity index is 2.14. The van der Waals surface area contributed by atoms with Crippen LogP contribution in [0.5, 0.6) is 0 Å². The number of carboxylic acids is 1. The summed E-state index contributed by atoms with van der Waals surface area (Å²) in [5, 5.41) is 10.7. The molecule has 1 aromatic rings. The Bertz CT molecular complexity index is 384. The molecule has 0 spiro atoms. The summed E-state index contributed by atoms with van der Waals surface area (Å²) in [6.07, 6.45) is 2.00. The van der Waals surface area contributed by atoms with Crippen LogP contribution in [0.3, 0.4) is 0 Å². The van der Waals surface area contributed by atoms with Crippen LogP contribution in [0.4, 0.5) is 0 Å². The fourth-order valence-corrected chi connectivity index (χ4v) is 2.16. The highest BCUT2D eigenvalue weighted by atomic mass is 16.4. The smallest absolute Gasteiger partial charge is 0.335 e. The Labute approximate surface area is 94.6 Å². The molecule has 16 heavy (non-hydrogen) atoms. The minimum atomic E-state index is -0.863. The van der Waals surface area contributed by atoms with Crippen LogP contribution >= 0.6 is 0 Å². The van der Waals surface area contributed by atoms with E-state index in [9.17, 15) is 4.79 Å². The minimum Gasteiger partial charge on any atom is -0.478 e. The number of piperidine rings is 1. The summed E-state index contributed by atoms with van der Waals surface area (Å²) in [6.45, 7) is 1.75. The molecule has 0 atom stereocenters. The summed E-state index contributed by atoms with van der Waals surface area (Å²) >= 11 is 0. The van der Waals surface area contributed by atoms with Gasteiger partial charge in [-0.2, -0.15) is 0 Å². The molecule has 1 saturated heterocycles. The van der Waals surface area contributed by atoms with Crippen LogP contribution < -0.4 is 5.84 Å². The van der Waals surface area contributed by atoms with Crippen molar-refractivity contribution in [2.45, 2.75) is 18.8 Å². The molecule has 3 N–H and O–H groups in total. The summed E-state index contributed by atoms with van der Waals surface area (Å²) in [7, 11) is 0. The highest BCUT2D eigenvalue weighted by Crippen LogP contribution is 2.27. The third kappa shape index (κ3) is 2.40. The van der Waals surface area contributed by atoms with E-state index >= 15 is 0 Å². The lowest BCUT2D eigenvalue weighted by Crippen LogP contribution is -2.38. The summed E-state index contributed by atoms with van der Waals surface area (Å²) < 4.78 is 0. The van der Waals surface area contributed by atoms with Crippen LogP contribution in [0.15, 0.2) is 24.3 Å². The number of hydrazine groups is 1. The van der Waals surface area contributed by atoms with Gasteiger partial charge in [-0.25, -0.2) is 9.80 Å². The normalized spacial score (nSPS) is 18.6. The zero-order valence-electron chi connectivity index (χ0n) is 9.10. The Morgan fingerprint density at radius 3 is 2.69 bits per heavy atom. The van der Waals surface area contributed by atoms with Gasteiger partial charge in [-0.1, -0.05) is 12.1 Å². The maximum Gasteiger partial charge on any atom is 0.335 e. The number of carbonyl (C=O) groups is 1. The van der Waals surface area contributed by atoms with Crippen molar-refractivity contribution in [3.05, 3.63) is 35.4 Å². The van der Waals surface area contributed by atoms with E-state index in [1.807, 2.05) is 17.1 Å². The maximum absolute atomic E-state index is 10.9. The van der Waals surface area contributed by atoms with E-state index < -0.39 is 5.97 Å². The first kappa shape index (κ1) is 11.1. The number of hydrogen-bond acceptors (Lipinski definition) is 3. The van der Waals surface area contributed by atoms with E-state index in [1.54, 1.807) is 12.1 Å². The minimum absolute atomic E-state index is 0.368. The van der Waals surface area contributed by atoms with E-state index in [4.69, 9.17) is 10.9 Å². The van der Waals surface area contributed by atoms with Crippen molar-refractivity contribution in [2.75, 3.05) is 13.1 Å². The molecule has 4 heteroatoms. The van der Waals surface area contributed by atoms with Crippen LogP contribution in [0.1, 0.15) is 34.7 Å². The molecule has 0 bridgehead atoms. The lowest BCUT2D eigenvalue weighted by atomic mass is 9.89. The lowest BCUT2D eigenvalue weighted by molar-refractivity contribution is 0.0696. The van der Waals surface area contributed by atoms with Crippen molar-refractivity contribution >= 4 is 5.97 Å². The third-order valence-corrected chi connectivity index (χ3v) is 3.13. The van der Waals surface area contributed by atoms with Crippen LogP contribution in [0.25, 0.3) is 0 Å². The zero-order chi connectivity index (χ0) is 11.5. The van der Waals surface area contributed by atoms with Gasteiger partial charge in [-0.15, -0.1) is 0 Å². The van der Waals surface area contributed by atoms with Gasteiger partial charge >= 0.3 is 5.97 Å². The number of hydrogen-bond donors (Lipinski definition) is 2. The molecule has 86 valence electrons. The molecule has 2 rings (SSSR count). The van der Waals surface area contributed by atoms with Crippen molar-refractivity contribution in [1.82, 2.24) is 5.01 Å². The molecule has 1 fully saturated rings. The first-order valence-corrected chi connectivity index (χ1v) is 5.49. The van der Waals surface area contributed by atoms with Crippen molar-refractivity contribution in [3.63, 3.8) is 0 Å². The largest absolute Gasteiger partial charge is 0.478 e.